The van der Waals surface area contributed by atoms with Gasteiger partial charge in [-0.05, 0) is 43.6 Å². The number of pyridine rings is 1. The molecule has 1 amide bonds. The zero-order chi connectivity index (χ0) is 18.7. The van der Waals surface area contributed by atoms with E-state index in [1.807, 2.05) is 0 Å². The van der Waals surface area contributed by atoms with Crippen LogP contribution in [0.5, 0.6) is 0 Å². The second-order valence-corrected chi connectivity index (χ2v) is 7.37. The molecule has 1 N–H and O–H groups in total. The number of rotatable bonds is 6. The minimum absolute atomic E-state index is 0.182. The van der Waals surface area contributed by atoms with Crippen LogP contribution in [0.4, 0.5) is 0 Å². The van der Waals surface area contributed by atoms with Crippen molar-refractivity contribution in [2.75, 3.05) is 26.2 Å². The Bertz CT molecular complexity index is 694. The Morgan fingerprint density at radius 2 is 1.85 bits per heavy atom. The molecule has 6 heteroatoms. The van der Waals surface area contributed by atoms with Crippen LogP contribution in [0, 0.1) is 5.92 Å². The number of aliphatic hydroxyl groups is 1. The van der Waals surface area contributed by atoms with Crippen molar-refractivity contribution in [3.05, 3.63) is 41.4 Å². The van der Waals surface area contributed by atoms with Crippen LogP contribution >= 0.6 is 0 Å². The van der Waals surface area contributed by atoms with Crippen LogP contribution in [0.15, 0.2) is 35.9 Å². The van der Waals surface area contributed by atoms with Crippen molar-refractivity contribution < 1.29 is 14.7 Å². The Labute approximate surface area is 154 Å². The summed E-state index contributed by atoms with van der Waals surface area (Å²) >= 11 is 0. The summed E-state index contributed by atoms with van der Waals surface area (Å²) in [6, 6.07) is 3.07. The van der Waals surface area contributed by atoms with Gasteiger partial charge in [-0.25, -0.2) is 0 Å². The van der Waals surface area contributed by atoms with E-state index in [0.29, 0.717) is 6.54 Å². The van der Waals surface area contributed by atoms with E-state index < -0.39 is 17.7 Å². The fourth-order valence-electron chi connectivity index (χ4n) is 3.77. The average Bonchev–Trinajstić information content (AvgIpc) is 2.91. The third kappa shape index (κ3) is 3.65. The van der Waals surface area contributed by atoms with Gasteiger partial charge in [-0.15, -0.1) is 0 Å². The number of nitrogens with zero attached hydrogens (tertiary/aromatic N) is 3. The molecule has 0 radical (unpaired) electrons. The van der Waals surface area contributed by atoms with E-state index in [9.17, 15) is 14.7 Å². The number of Topliss-reactive ketones (excluding diaryl/α,β-unsaturated/α-hetero) is 1. The Hall–Kier alpha value is -2.21. The number of likely N-dealkylation sites (tertiary alicyclic amines) is 1. The number of hydrogen-bond acceptors (Lipinski definition) is 5. The molecule has 1 saturated heterocycles. The molecule has 2 aliphatic heterocycles. The number of ketones is 1. The molecule has 1 fully saturated rings. The number of piperidine rings is 1. The van der Waals surface area contributed by atoms with Gasteiger partial charge in [0.05, 0.1) is 11.6 Å². The molecular formula is C20H27N3O3. The van der Waals surface area contributed by atoms with Gasteiger partial charge in [-0.1, -0.05) is 20.3 Å². The molecule has 6 nitrogen and oxygen atoms in total. The first-order chi connectivity index (χ1) is 12.5. The first-order valence-corrected chi connectivity index (χ1v) is 9.41. The fraction of sp³-hybridized carbons (Fsp3) is 0.550. The van der Waals surface area contributed by atoms with Crippen molar-refractivity contribution >= 4 is 11.7 Å². The minimum atomic E-state index is -0.537. The van der Waals surface area contributed by atoms with E-state index in [-0.39, 0.29) is 17.3 Å². The van der Waals surface area contributed by atoms with Crippen LogP contribution in [0.1, 0.15) is 44.7 Å². The van der Waals surface area contributed by atoms with Crippen molar-refractivity contribution in [2.45, 2.75) is 39.2 Å². The summed E-state index contributed by atoms with van der Waals surface area (Å²) in [7, 11) is 0. The summed E-state index contributed by atoms with van der Waals surface area (Å²) < 4.78 is 0. The molecule has 0 bridgehead atoms. The van der Waals surface area contributed by atoms with Crippen LogP contribution in [0.2, 0.25) is 0 Å². The smallest absolute Gasteiger partial charge is 0.290 e. The number of carbonyl (C=O) groups is 2. The van der Waals surface area contributed by atoms with Crippen molar-refractivity contribution in [3.63, 3.8) is 0 Å². The maximum Gasteiger partial charge on any atom is 0.290 e. The standard InChI is InChI=1S/C20H27N3O3/c1-14(2)18(24)16-17(15-6-8-21-9-7-15)23(20(26)19(16)25)13-12-22-10-4-3-5-11-22/h6-9,14,17,25H,3-5,10-13H2,1-2H3. The molecule has 1 aromatic heterocycles. The van der Waals surface area contributed by atoms with Crippen LogP contribution in [-0.2, 0) is 9.59 Å². The topological polar surface area (TPSA) is 73.7 Å². The highest BCUT2D eigenvalue weighted by Crippen LogP contribution is 2.38. The van der Waals surface area contributed by atoms with Crippen LogP contribution < -0.4 is 0 Å². The normalized spacial score (nSPS) is 21.7. The molecule has 1 aromatic rings. The molecule has 0 aromatic carbocycles. The van der Waals surface area contributed by atoms with E-state index in [1.165, 1.54) is 19.3 Å². The van der Waals surface area contributed by atoms with Crippen LogP contribution in [0.25, 0.3) is 0 Å². The maximum atomic E-state index is 12.7. The molecule has 0 saturated carbocycles. The first-order valence-electron chi connectivity index (χ1n) is 9.41. The third-order valence-corrected chi connectivity index (χ3v) is 5.22. The Morgan fingerprint density at radius 1 is 1.19 bits per heavy atom. The van der Waals surface area contributed by atoms with Gasteiger partial charge in [0.2, 0.25) is 0 Å². The van der Waals surface area contributed by atoms with Crippen LogP contribution in [0.3, 0.4) is 0 Å². The number of aliphatic hydroxyl groups excluding tert-OH is 1. The molecule has 3 heterocycles. The second kappa shape index (κ2) is 7.99. The zero-order valence-electron chi connectivity index (χ0n) is 15.5. The highest BCUT2D eigenvalue weighted by Gasteiger charge is 2.43. The molecule has 1 atom stereocenters. The van der Waals surface area contributed by atoms with Crippen molar-refractivity contribution in [2.24, 2.45) is 5.92 Å². The highest BCUT2D eigenvalue weighted by atomic mass is 16.3. The molecule has 2 aliphatic rings. The van der Waals surface area contributed by atoms with Gasteiger partial charge in [0.25, 0.3) is 5.91 Å². The lowest BCUT2D eigenvalue weighted by atomic mass is 9.92. The van der Waals surface area contributed by atoms with Crippen molar-refractivity contribution in [3.8, 4) is 0 Å². The molecular weight excluding hydrogens is 330 g/mol. The zero-order valence-corrected chi connectivity index (χ0v) is 15.5. The Kier molecular flexibility index (Phi) is 5.71. The molecule has 1 unspecified atom stereocenters. The summed E-state index contributed by atoms with van der Waals surface area (Å²) in [5.74, 6) is -1.32. The molecule has 3 rings (SSSR count). The first kappa shape index (κ1) is 18.6. The van der Waals surface area contributed by atoms with E-state index in [2.05, 4.69) is 9.88 Å². The van der Waals surface area contributed by atoms with Gasteiger partial charge < -0.3 is 14.9 Å². The Balaban J connectivity index is 1.87. The summed E-state index contributed by atoms with van der Waals surface area (Å²) in [5, 5.41) is 10.5. The highest BCUT2D eigenvalue weighted by molar-refractivity contribution is 6.09. The number of aromatic nitrogens is 1. The number of amides is 1. The molecule has 0 aliphatic carbocycles. The van der Waals surface area contributed by atoms with Crippen molar-refractivity contribution in [1.29, 1.82) is 0 Å². The lowest BCUT2D eigenvalue weighted by molar-refractivity contribution is -0.129. The van der Waals surface area contributed by atoms with Gasteiger partial charge in [0.1, 0.15) is 0 Å². The summed E-state index contributed by atoms with van der Waals surface area (Å²) in [6.07, 6.45) is 6.92. The van der Waals surface area contributed by atoms with Gasteiger partial charge >= 0.3 is 0 Å². The largest absolute Gasteiger partial charge is 0.503 e. The van der Waals surface area contributed by atoms with Gasteiger partial charge in [-0.3, -0.25) is 14.6 Å². The fourth-order valence-corrected chi connectivity index (χ4v) is 3.77. The quantitative estimate of drug-likeness (QED) is 0.847. The lowest BCUT2D eigenvalue weighted by Gasteiger charge is -2.31. The Morgan fingerprint density at radius 3 is 2.46 bits per heavy atom. The SMILES string of the molecule is CC(C)C(=O)C1=C(O)C(=O)N(CCN2CCCCC2)C1c1ccncc1. The summed E-state index contributed by atoms with van der Waals surface area (Å²) in [5.41, 5.74) is 1.02. The summed E-state index contributed by atoms with van der Waals surface area (Å²) in [4.78, 5) is 33.5. The van der Waals surface area contributed by atoms with E-state index in [0.717, 1.165) is 25.2 Å². The lowest BCUT2D eigenvalue weighted by Crippen LogP contribution is -2.40. The van der Waals surface area contributed by atoms with Gasteiger partial charge in [0, 0.05) is 31.4 Å². The predicted molar refractivity (Wildman–Crippen MR) is 98.5 cm³/mol. The van der Waals surface area contributed by atoms with Crippen molar-refractivity contribution in [1.82, 2.24) is 14.8 Å². The third-order valence-electron chi connectivity index (χ3n) is 5.22. The van der Waals surface area contributed by atoms with E-state index in [4.69, 9.17) is 0 Å². The summed E-state index contributed by atoms with van der Waals surface area (Å²) in [6.45, 7) is 6.90. The van der Waals surface area contributed by atoms with E-state index in [1.54, 1.807) is 43.3 Å². The second-order valence-electron chi connectivity index (χ2n) is 7.37. The maximum absolute atomic E-state index is 12.7. The predicted octanol–water partition coefficient (Wildman–Crippen LogP) is 2.49. The van der Waals surface area contributed by atoms with Gasteiger partial charge in [0.15, 0.2) is 11.5 Å². The average molecular weight is 357 g/mol. The van der Waals surface area contributed by atoms with Gasteiger partial charge in [-0.2, -0.15) is 0 Å². The minimum Gasteiger partial charge on any atom is -0.503 e. The number of carbonyl (C=O) groups excluding carboxylic acids is 2. The number of hydrogen-bond donors (Lipinski definition) is 1. The monoisotopic (exact) mass is 357 g/mol. The van der Waals surface area contributed by atoms with E-state index >= 15 is 0 Å². The van der Waals surface area contributed by atoms with Crippen LogP contribution in [-0.4, -0.2) is 57.8 Å². The molecule has 26 heavy (non-hydrogen) atoms. The molecule has 140 valence electrons. The molecule has 0 spiro atoms.